The van der Waals surface area contributed by atoms with Crippen LogP contribution in [0.1, 0.15) is 5.82 Å². The number of aromatic nitrogens is 5. The van der Waals surface area contributed by atoms with Crippen molar-refractivity contribution in [3.05, 3.63) is 60.8 Å². The lowest BCUT2D eigenvalue weighted by Crippen LogP contribution is -2.36. The number of anilines is 1. The molecule has 0 unspecified atom stereocenters. The van der Waals surface area contributed by atoms with Crippen LogP contribution in [0.25, 0.3) is 28.0 Å². The maximum absolute atomic E-state index is 14.7. The van der Waals surface area contributed by atoms with Crippen molar-refractivity contribution in [2.24, 2.45) is 0 Å². The third kappa shape index (κ3) is 3.31. The van der Waals surface area contributed by atoms with E-state index in [1.807, 2.05) is 25.3 Å². The summed E-state index contributed by atoms with van der Waals surface area (Å²) in [7, 11) is 0. The maximum atomic E-state index is 14.7. The molecule has 1 fully saturated rings. The van der Waals surface area contributed by atoms with Gasteiger partial charge in [-0.15, -0.1) is 0 Å². The molecule has 29 heavy (non-hydrogen) atoms. The zero-order chi connectivity index (χ0) is 19.8. The Morgan fingerprint density at radius 1 is 0.897 bits per heavy atom. The number of rotatable bonds is 3. The number of ether oxygens (including phenoxy) is 1. The Balaban J connectivity index is 1.54. The number of morpholine rings is 1. The number of fused-ring (bicyclic) bond motifs is 1. The fourth-order valence-electron chi connectivity index (χ4n) is 3.48. The summed E-state index contributed by atoms with van der Waals surface area (Å²) in [6.45, 7) is 4.89. The first-order valence-corrected chi connectivity index (χ1v) is 9.44. The number of halogens is 1. The molecule has 0 aromatic carbocycles. The molecule has 0 spiro atoms. The SMILES string of the molecule is Cc1ncc(-c2cc(F)c3ncc(-c4ccc(N5CCOCC5)nc4)n3c2)cn1. The van der Waals surface area contributed by atoms with Gasteiger partial charge in [0.05, 0.1) is 25.1 Å². The summed E-state index contributed by atoms with van der Waals surface area (Å²) in [6.07, 6.45) is 8.70. The van der Waals surface area contributed by atoms with E-state index in [0.717, 1.165) is 35.7 Å². The van der Waals surface area contributed by atoms with E-state index < -0.39 is 5.82 Å². The van der Waals surface area contributed by atoms with Gasteiger partial charge in [0, 0.05) is 54.6 Å². The Hall–Kier alpha value is -3.39. The molecule has 1 saturated heterocycles. The summed E-state index contributed by atoms with van der Waals surface area (Å²) in [5, 5.41) is 0. The number of pyridine rings is 2. The van der Waals surface area contributed by atoms with Crippen molar-refractivity contribution >= 4 is 11.5 Å². The summed E-state index contributed by atoms with van der Waals surface area (Å²) < 4.78 is 21.8. The van der Waals surface area contributed by atoms with Gasteiger partial charge in [-0.3, -0.25) is 4.40 Å². The lowest BCUT2D eigenvalue weighted by atomic mass is 10.1. The Morgan fingerprint density at radius 3 is 2.38 bits per heavy atom. The van der Waals surface area contributed by atoms with Crippen LogP contribution in [0, 0.1) is 12.7 Å². The van der Waals surface area contributed by atoms with E-state index in [9.17, 15) is 4.39 Å². The van der Waals surface area contributed by atoms with Crippen LogP contribution in [-0.4, -0.2) is 50.6 Å². The van der Waals surface area contributed by atoms with Crippen molar-refractivity contribution in [1.82, 2.24) is 24.3 Å². The Bertz CT molecular complexity index is 1150. The second kappa shape index (κ2) is 7.21. The van der Waals surface area contributed by atoms with Gasteiger partial charge >= 0.3 is 0 Å². The minimum absolute atomic E-state index is 0.272. The first-order chi connectivity index (χ1) is 14.2. The van der Waals surface area contributed by atoms with Crippen LogP contribution in [0.5, 0.6) is 0 Å². The topological polar surface area (TPSA) is 68.4 Å². The average Bonchev–Trinajstić information content (AvgIpc) is 3.20. The van der Waals surface area contributed by atoms with E-state index in [0.29, 0.717) is 24.6 Å². The zero-order valence-electron chi connectivity index (χ0n) is 15.9. The van der Waals surface area contributed by atoms with Crippen LogP contribution in [0.2, 0.25) is 0 Å². The highest BCUT2D eigenvalue weighted by atomic mass is 19.1. The molecule has 4 aromatic heterocycles. The highest BCUT2D eigenvalue weighted by Crippen LogP contribution is 2.27. The first kappa shape index (κ1) is 17.7. The largest absolute Gasteiger partial charge is 0.378 e. The van der Waals surface area contributed by atoms with Crippen molar-refractivity contribution < 1.29 is 9.13 Å². The van der Waals surface area contributed by atoms with Crippen molar-refractivity contribution in [3.8, 4) is 22.4 Å². The molecule has 5 heterocycles. The van der Waals surface area contributed by atoms with Crippen molar-refractivity contribution in [2.75, 3.05) is 31.2 Å². The quantitative estimate of drug-likeness (QED) is 0.535. The van der Waals surface area contributed by atoms with Gasteiger partial charge in [-0.25, -0.2) is 24.3 Å². The molecular weight excluding hydrogens is 371 g/mol. The second-order valence-corrected chi connectivity index (χ2v) is 6.94. The molecule has 4 aromatic rings. The number of hydrogen-bond acceptors (Lipinski definition) is 6. The molecule has 0 saturated carbocycles. The lowest BCUT2D eigenvalue weighted by molar-refractivity contribution is 0.122. The van der Waals surface area contributed by atoms with E-state index in [1.54, 1.807) is 29.2 Å². The number of nitrogens with zero attached hydrogens (tertiary/aromatic N) is 6. The normalized spacial score (nSPS) is 14.5. The van der Waals surface area contributed by atoms with Crippen molar-refractivity contribution in [2.45, 2.75) is 6.92 Å². The Kier molecular flexibility index (Phi) is 4.40. The number of imidazole rings is 1. The van der Waals surface area contributed by atoms with E-state index in [4.69, 9.17) is 4.74 Å². The third-order valence-corrected chi connectivity index (χ3v) is 5.05. The van der Waals surface area contributed by atoms with Gasteiger partial charge in [-0.1, -0.05) is 0 Å². The zero-order valence-corrected chi connectivity index (χ0v) is 15.9. The summed E-state index contributed by atoms with van der Waals surface area (Å²) in [5.41, 5.74) is 3.35. The molecule has 5 rings (SSSR count). The van der Waals surface area contributed by atoms with Gasteiger partial charge in [-0.2, -0.15) is 0 Å². The fraction of sp³-hybridized carbons (Fsp3) is 0.238. The van der Waals surface area contributed by atoms with Gasteiger partial charge in [0.1, 0.15) is 11.6 Å². The van der Waals surface area contributed by atoms with Gasteiger partial charge < -0.3 is 9.64 Å². The molecule has 0 amide bonds. The van der Waals surface area contributed by atoms with Crippen LogP contribution in [0.3, 0.4) is 0 Å². The average molecular weight is 390 g/mol. The molecule has 1 aliphatic rings. The molecule has 7 nitrogen and oxygen atoms in total. The van der Waals surface area contributed by atoms with Crippen LogP contribution in [0.15, 0.2) is 49.2 Å². The molecule has 146 valence electrons. The molecule has 0 atom stereocenters. The molecule has 0 bridgehead atoms. The number of aryl methyl sites for hydroxylation is 1. The summed E-state index contributed by atoms with van der Waals surface area (Å²) in [5.74, 6) is 1.19. The van der Waals surface area contributed by atoms with E-state index >= 15 is 0 Å². The fourth-order valence-corrected chi connectivity index (χ4v) is 3.48. The summed E-state index contributed by atoms with van der Waals surface area (Å²) >= 11 is 0. The van der Waals surface area contributed by atoms with E-state index in [-0.39, 0.29) is 5.65 Å². The van der Waals surface area contributed by atoms with Gasteiger partial charge in [0.25, 0.3) is 0 Å². The minimum atomic E-state index is -0.396. The van der Waals surface area contributed by atoms with Crippen molar-refractivity contribution in [3.63, 3.8) is 0 Å². The van der Waals surface area contributed by atoms with E-state index in [1.165, 1.54) is 6.07 Å². The lowest BCUT2D eigenvalue weighted by Gasteiger charge is -2.27. The molecular formula is C21H19FN6O. The second-order valence-electron chi connectivity index (χ2n) is 6.94. The third-order valence-electron chi connectivity index (χ3n) is 5.05. The van der Waals surface area contributed by atoms with Crippen LogP contribution in [0.4, 0.5) is 10.2 Å². The summed E-state index contributed by atoms with van der Waals surface area (Å²) in [6, 6.07) is 5.43. The van der Waals surface area contributed by atoms with Crippen LogP contribution in [-0.2, 0) is 4.74 Å². The first-order valence-electron chi connectivity index (χ1n) is 9.44. The van der Waals surface area contributed by atoms with Gasteiger partial charge in [0.15, 0.2) is 11.5 Å². The molecule has 0 N–H and O–H groups in total. The molecule has 8 heteroatoms. The predicted octanol–water partition coefficient (Wildman–Crippen LogP) is 3.14. The smallest absolute Gasteiger partial charge is 0.173 e. The molecule has 1 aliphatic heterocycles. The monoisotopic (exact) mass is 390 g/mol. The predicted molar refractivity (Wildman–Crippen MR) is 107 cm³/mol. The van der Waals surface area contributed by atoms with Crippen LogP contribution < -0.4 is 4.90 Å². The van der Waals surface area contributed by atoms with Gasteiger partial charge in [-0.05, 0) is 25.1 Å². The van der Waals surface area contributed by atoms with E-state index in [2.05, 4.69) is 24.8 Å². The molecule has 0 radical (unpaired) electrons. The Morgan fingerprint density at radius 2 is 1.66 bits per heavy atom. The summed E-state index contributed by atoms with van der Waals surface area (Å²) in [4.78, 5) is 19.5. The molecule has 0 aliphatic carbocycles. The maximum Gasteiger partial charge on any atom is 0.173 e. The highest BCUT2D eigenvalue weighted by Gasteiger charge is 2.15. The number of hydrogen-bond donors (Lipinski definition) is 0. The van der Waals surface area contributed by atoms with Gasteiger partial charge in [0.2, 0.25) is 0 Å². The van der Waals surface area contributed by atoms with Crippen LogP contribution >= 0.6 is 0 Å². The highest BCUT2D eigenvalue weighted by molar-refractivity contribution is 5.69. The Labute approximate surface area is 166 Å². The van der Waals surface area contributed by atoms with Crippen molar-refractivity contribution in [1.29, 1.82) is 0 Å². The minimum Gasteiger partial charge on any atom is -0.378 e. The standard InChI is InChI=1S/C21H19FN6O/c1-14-23-10-17(11-24-14)16-8-18(22)21-26-12-19(28(21)13-16)15-2-3-20(25-9-15)27-4-6-29-7-5-27/h2-3,8-13H,4-7H2,1H3.